The van der Waals surface area contributed by atoms with E-state index in [1.54, 1.807) is 6.20 Å². The minimum Gasteiger partial charge on any atom is -0.259 e. The summed E-state index contributed by atoms with van der Waals surface area (Å²) in [5, 5.41) is 4.14. The van der Waals surface area contributed by atoms with Crippen molar-refractivity contribution in [2.45, 2.75) is 19.8 Å². The Labute approximate surface area is 83.4 Å². The number of pyridine rings is 1. The molecule has 0 radical (unpaired) electrons. The van der Waals surface area contributed by atoms with Crippen LogP contribution in [0.4, 0.5) is 0 Å². The van der Waals surface area contributed by atoms with Gasteiger partial charge in [-0.1, -0.05) is 13.3 Å². The summed E-state index contributed by atoms with van der Waals surface area (Å²) in [6, 6.07) is 6.01. The molecule has 0 saturated carbocycles. The Hall–Kier alpha value is -1.64. The van der Waals surface area contributed by atoms with Crippen molar-refractivity contribution in [3.8, 4) is 5.69 Å². The van der Waals surface area contributed by atoms with Gasteiger partial charge in [0.25, 0.3) is 0 Å². The van der Waals surface area contributed by atoms with Gasteiger partial charge in [0.2, 0.25) is 0 Å². The van der Waals surface area contributed by atoms with Crippen LogP contribution in [-0.2, 0) is 6.42 Å². The molecule has 0 spiro atoms. The molecule has 0 saturated heterocycles. The summed E-state index contributed by atoms with van der Waals surface area (Å²) < 4.78 is 1.81. The number of aromatic nitrogens is 3. The lowest BCUT2D eigenvalue weighted by atomic mass is 10.2. The largest absolute Gasteiger partial charge is 0.259 e. The van der Waals surface area contributed by atoms with Gasteiger partial charge in [-0.15, -0.1) is 0 Å². The number of nitrogens with zero attached hydrogens (tertiary/aromatic N) is 3. The highest BCUT2D eigenvalue weighted by Gasteiger charge is 1.96. The lowest BCUT2D eigenvalue weighted by Gasteiger charge is -2.01. The van der Waals surface area contributed by atoms with E-state index in [9.17, 15) is 0 Å². The van der Waals surface area contributed by atoms with Crippen molar-refractivity contribution >= 4 is 0 Å². The first-order valence-corrected chi connectivity index (χ1v) is 4.85. The first-order valence-electron chi connectivity index (χ1n) is 4.85. The predicted octanol–water partition coefficient (Wildman–Crippen LogP) is 2.22. The molecule has 0 atom stereocenters. The van der Waals surface area contributed by atoms with Crippen molar-refractivity contribution in [1.82, 2.24) is 14.8 Å². The maximum atomic E-state index is 4.36. The average Bonchev–Trinajstić information content (AvgIpc) is 2.72. The summed E-state index contributed by atoms with van der Waals surface area (Å²) in [6.45, 7) is 2.16. The molecule has 0 amide bonds. The van der Waals surface area contributed by atoms with Gasteiger partial charge < -0.3 is 0 Å². The molecule has 0 aliphatic rings. The quantitative estimate of drug-likeness (QED) is 0.737. The molecule has 72 valence electrons. The van der Waals surface area contributed by atoms with E-state index in [0.29, 0.717) is 0 Å². The molecule has 0 aromatic carbocycles. The maximum Gasteiger partial charge on any atom is 0.0828 e. The SMILES string of the molecule is CCCc1ccc(-n2cccn2)cn1. The first-order chi connectivity index (χ1) is 6.90. The van der Waals surface area contributed by atoms with Crippen molar-refractivity contribution in [3.63, 3.8) is 0 Å². The van der Waals surface area contributed by atoms with E-state index in [1.807, 2.05) is 29.2 Å². The topological polar surface area (TPSA) is 30.7 Å². The van der Waals surface area contributed by atoms with Crippen LogP contribution >= 0.6 is 0 Å². The number of rotatable bonds is 3. The summed E-state index contributed by atoms with van der Waals surface area (Å²) in [6.07, 6.45) is 7.71. The molecule has 2 aromatic rings. The molecule has 2 heterocycles. The summed E-state index contributed by atoms with van der Waals surface area (Å²) in [7, 11) is 0. The molecule has 0 fully saturated rings. The number of hydrogen-bond acceptors (Lipinski definition) is 2. The smallest absolute Gasteiger partial charge is 0.0828 e. The maximum absolute atomic E-state index is 4.36. The minimum atomic E-state index is 1.01. The molecule has 14 heavy (non-hydrogen) atoms. The Bertz CT molecular complexity index is 375. The van der Waals surface area contributed by atoms with E-state index in [0.717, 1.165) is 24.2 Å². The van der Waals surface area contributed by atoms with Crippen LogP contribution in [0.25, 0.3) is 5.69 Å². The molecule has 2 rings (SSSR count). The molecule has 0 N–H and O–H groups in total. The third-order valence-corrected chi connectivity index (χ3v) is 2.08. The molecule has 0 aliphatic heterocycles. The highest BCUT2D eigenvalue weighted by molar-refractivity contribution is 5.28. The van der Waals surface area contributed by atoms with Gasteiger partial charge in [0.05, 0.1) is 11.9 Å². The summed E-state index contributed by atoms with van der Waals surface area (Å²) >= 11 is 0. The van der Waals surface area contributed by atoms with E-state index in [4.69, 9.17) is 0 Å². The fourth-order valence-corrected chi connectivity index (χ4v) is 1.38. The van der Waals surface area contributed by atoms with Crippen molar-refractivity contribution in [1.29, 1.82) is 0 Å². The van der Waals surface area contributed by atoms with Crippen LogP contribution in [0.15, 0.2) is 36.8 Å². The monoisotopic (exact) mass is 187 g/mol. The Morgan fingerprint density at radius 1 is 1.36 bits per heavy atom. The van der Waals surface area contributed by atoms with Gasteiger partial charge in [-0.2, -0.15) is 5.10 Å². The van der Waals surface area contributed by atoms with Gasteiger partial charge in [-0.3, -0.25) is 4.98 Å². The van der Waals surface area contributed by atoms with Gasteiger partial charge in [-0.05, 0) is 24.6 Å². The van der Waals surface area contributed by atoms with E-state index < -0.39 is 0 Å². The third kappa shape index (κ3) is 1.82. The zero-order valence-electron chi connectivity index (χ0n) is 8.22. The van der Waals surface area contributed by atoms with E-state index in [-0.39, 0.29) is 0 Å². The van der Waals surface area contributed by atoms with Crippen LogP contribution in [0, 0.1) is 0 Å². The standard InChI is InChI=1S/C11H13N3/c1-2-4-10-5-6-11(9-12-10)14-8-3-7-13-14/h3,5-9H,2,4H2,1H3. The molecular weight excluding hydrogens is 174 g/mol. The summed E-state index contributed by atoms with van der Waals surface area (Å²) in [4.78, 5) is 4.36. The van der Waals surface area contributed by atoms with Crippen LogP contribution in [0.5, 0.6) is 0 Å². The second-order valence-corrected chi connectivity index (χ2v) is 3.21. The van der Waals surface area contributed by atoms with Gasteiger partial charge in [0, 0.05) is 18.1 Å². The predicted molar refractivity (Wildman–Crippen MR) is 55.4 cm³/mol. The Morgan fingerprint density at radius 2 is 2.29 bits per heavy atom. The van der Waals surface area contributed by atoms with Crippen LogP contribution in [0.2, 0.25) is 0 Å². The highest BCUT2D eigenvalue weighted by atomic mass is 15.3. The molecule has 0 unspecified atom stereocenters. The van der Waals surface area contributed by atoms with Gasteiger partial charge in [0.1, 0.15) is 0 Å². The van der Waals surface area contributed by atoms with E-state index in [2.05, 4.69) is 23.1 Å². The first kappa shape index (κ1) is 8.94. The lowest BCUT2D eigenvalue weighted by Crippen LogP contribution is -1.96. The summed E-state index contributed by atoms with van der Waals surface area (Å²) in [5.74, 6) is 0. The zero-order valence-corrected chi connectivity index (χ0v) is 8.22. The molecule has 3 nitrogen and oxygen atoms in total. The van der Waals surface area contributed by atoms with Crippen LogP contribution in [0.3, 0.4) is 0 Å². The average molecular weight is 187 g/mol. The van der Waals surface area contributed by atoms with Crippen molar-refractivity contribution in [2.24, 2.45) is 0 Å². The van der Waals surface area contributed by atoms with Gasteiger partial charge >= 0.3 is 0 Å². The van der Waals surface area contributed by atoms with Crippen molar-refractivity contribution in [2.75, 3.05) is 0 Å². The van der Waals surface area contributed by atoms with E-state index in [1.165, 1.54) is 0 Å². The second kappa shape index (κ2) is 4.05. The third-order valence-electron chi connectivity index (χ3n) is 2.08. The summed E-state index contributed by atoms with van der Waals surface area (Å²) in [5.41, 5.74) is 2.15. The Morgan fingerprint density at radius 3 is 2.86 bits per heavy atom. The molecule has 3 heteroatoms. The fraction of sp³-hybridized carbons (Fsp3) is 0.273. The number of aryl methyl sites for hydroxylation is 1. The minimum absolute atomic E-state index is 1.01. The molecule has 0 bridgehead atoms. The van der Waals surface area contributed by atoms with Gasteiger partial charge in [0.15, 0.2) is 0 Å². The molecule has 2 aromatic heterocycles. The van der Waals surface area contributed by atoms with Crippen molar-refractivity contribution in [3.05, 3.63) is 42.5 Å². The van der Waals surface area contributed by atoms with Crippen LogP contribution < -0.4 is 0 Å². The lowest BCUT2D eigenvalue weighted by molar-refractivity contribution is 0.850. The Kier molecular flexibility index (Phi) is 2.58. The van der Waals surface area contributed by atoms with Gasteiger partial charge in [-0.25, -0.2) is 4.68 Å². The normalized spacial score (nSPS) is 10.4. The zero-order chi connectivity index (χ0) is 9.80. The highest BCUT2D eigenvalue weighted by Crippen LogP contribution is 2.06. The number of hydrogen-bond donors (Lipinski definition) is 0. The van der Waals surface area contributed by atoms with Crippen molar-refractivity contribution < 1.29 is 0 Å². The molecular formula is C11H13N3. The van der Waals surface area contributed by atoms with Crippen LogP contribution in [-0.4, -0.2) is 14.8 Å². The van der Waals surface area contributed by atoms with E-state index >= 15 is 0 Å². The Balaban J connectivity index is 2.22. The fourth-order valence-electron chi connectivity index (χ4n) is 1.38. The second-order valence-electron chi connectivity index (χ2n) is 3.21. The molecule has 0 aliphatic carbocycles. The van der Waals surface area contributed by atoms with Crippen LogP contribution in [0.1, 0.15) is 19.0 Å².